The second kappa shape index (κ2) is 7.30. The van der Waals surface area contributed by atoms with Crippen LogP contribution in [0.1, 0.15) is 17.2 Å². The lowest BCUT2D eigenvalue weighted by Gasteiger charge is -2.35. The van der Waals surface area contributed by atoms with Crippen molar-refractivity contribution in [3.8, 4) is 5.75 Å². The summed E-state index contributed by atoms with van der Waals surface area (Å²) >= 11 is 6.17. The fourth-order valence-corrected chi connectivity index (χ4v) is 3.28. The molecular formula is C18H20ClFN2O. The Labute approximate surface area is 141 Å². The van der Waals surface area contributed by atoms with E-state index >= 15 is 0 Å². The van der Waals surface area contributed by atoms with Crippen LogP contribution in [0, 0.1) is 5.82 Å². The molecule has 3 rings (SSSR count). The van der Waals surface area contributed by atoms with Crippen LogP contribution in [0.25, 0.3) is 0 Å². The van der Waals surface area contributed by atoms with E-state index in [2.05, 4.69) is 10.2 Å². The smallest absolute Gasteiger partial charge is 0.165 e. The fourth-order valence-electron chi connectivity index (χ4n) is 3.08. The molecule has 0 spiro atoms. The van der Waals surface area contributed by atoms with E-state index in [-0.39, 0.29) is 17.6 Å². The van der Waals surface area contributed by atoms with Crippen molar-refractivity contribution in [2.24, 2.45) is 0 Å². The number of rotatable bonds is 4. The predicted octanol–water partition coefficient (Wildman–Crippen LogP) is 3.48. The summed E-state index contributed by atoms with van der Waals surface area (Å²) in [5.41, 5.74) is 1.98. The molecule has 3 nitrogen and oxygen atoms in total. The Morgan fingerprint density at radius 3 is 2.52 bits per heavy atom. The van der Waals surface area contributed by atoms with Crippen LogP contribution in [0.4, 0.5) is 4.39 Å². The minimum absolute atomic E-state index is 0.0174. The highest BCUT2D eigenvalue weighted by molar-refractivity contribution is 6.30. The third kappa shape index (κ3) is 3.66. The predicted molar refractivity (Wildman–Crippen MR) is 90.7 cm³/mol. The molecule has 1 saturated heterocycles. The van der Waals surface area contributed by atoms with E-state index in [1.807, 2.05) is 30.3 Å². The summed E-state index contributed by atoms with van der Waals surface area (Å²) in [6.07, 6.45) is 0. The number of methoxy groups -OCH3 is 1. The molecule has 2 aromatic carbocycles. The second-order valence-electron chi connectivity index (χ2n) is 5.64. The number of ether oxygens (including phenoxy) is 1. The largest absolute Gasteiger partial charge is 0.494 e. The zero-order chi connectivity index (χ0) is 16.2. The van der Waals surface area contributed by atoms with Crippen molar-refractivity contribution in [3.63, 3.8) is 0 Å². The van der Waals surface area contributed by atoms with Crippen LogP contribution in [0.5, 0.6) is 5.75 Å². The highest BCUT2D eigenvalue weighted by Gasteiger charge is 2.25. The van der Waals surface area contributed by atoms with E-state index in [1.165, 1.54) is 7.11 Å². The summed E-state index contributed by atoms with van der Waals surface area (Å²) in [6.45, 7) is 3.67. The average molecular weight is 335 g/mol. The van der Waals surface area contributed by atoms with Gasteiger partial charge in [-0.15, -0.1) is 0 Å². The number of halogens is 2. The van der Waals surface area contributed by atoms with Gasteiger partial charge in [0.05, 0.1) is 13.2 Å². The lowest BCUT2D eigenvalue weighted by molar-refractivity contribution is 0.198. The Bertz CT molecular complexity index is 674. The van der Waals surface area contributed by atoms with Crippen LogP contribution < -0.4 is 10.1 Å². The molecule has 0 amide bonds. The molecule has 1 fully saturated rings. The minimum atomic E-state index is -0.341. The Kier molecular flexibility index (Phi) is 5.16. The summed E-state index contributed by atoms with van der Waals surface area (Å²) in [6, 6.07) is 12.9. The summed E-state index contributed by atoms with van der Waals surface area (Å²) in [7, 11) is 1.48. The molecule has 1 atom stereocenters. The van der Waals surface area contributed by atoms with Gasteiger partial charge in [0.15, 0.2) is 11.6 Å². The second-order valence-corrected chi connectivity index (χ2v) is 6.07. The molecule has 23 heavy (non-hydrogen) atoms. The number of piperazine rings is 1. The van der Waals surface area contributed by atoms with Crippen LogP contribution in [-0.2, 0) is 0 Å². The van der Waals surface area contributed by atoms with Crippen LogP contribution in [0.15, 0.2) is 42.5 Å². The SMILES string of the molecule is COc1ccc(C(c2cccc(Cl)c2)N2CCNCC2)cc1F. The molecule has 1 unspecified atom stereocenters. The molecule has 0 aliphatic carbocycles. The third-order valence-electron chi connectivity index (χ3n) is 4.17. The van der Waals surface area contributed by atoms with Gasteiger partial charge in [-0.25, -0.2) is 4.39 Å². The van der Waals surface area contributed by atoms with Gasteiger partial charge in [0.1, 0.15) is 0 Å². The van der Waals surface area contributed by atoms with Crippen LogP contribution in [0.3, 0.4) is 0 Å². The van der Waals surface area contributed by atoms with E-state index in [4.69, 9.17) is 16.3 Å². The van der Waals surface area contributed by atoms with E-state index in [9.17, 15) is 4.39 Å². The van der Waals surface area contributed by atoms with Crippen molar-refractivity contribution in [2.45, 2.75) is 6.04 Å². The molecule has 0 aromatic heterocycles. The molecule has 0 saturated carbocycles. The van der Waals surface area contributed by atoms with Crippen LogP contribution in [0.2, 0.25) is 5.02 Å². The summed E-state index contributed by atoms with van der Waals surface area (Å²) < 4.78 is 19.2. The Balaban J connectivity index is 2.02. The molecule has 1 aliphatic rings. The Hall–Kier alpha value is -1.62. The average Bonchev–Trinajstić information content (AvgIpc) is 2.56. The first-order chi connectivity index (χ1) is 11.2. The van der Waals surface area contributed by atoms with E-state index in [0.717, 1.165) is 37.3 Å². The van der Waals surface area contributed by atoms with Crippen LogP contribution >= 0.6 is 11.6 Å². The molecule has 2 aromatic rings. The van der Waals surface area contributed by atoms with Gasteiger partial charge >= 0.3 is 0 Å². The molecule has 0 radical (unpaired) electrons. The molecule has 1 aliphatic heterocycles. The van der Waals surface area contributed by atoms with E-state index < -0.39 is 0 Å². The monoisotopic (exact) mass is 334 g/mol. The van der Waals surface area contributed by atoms with E-state index in [0.29, 0.717) is 5.02 Å². The lowest BCUT2D eigenvalue weighted by Crippen LogP contribution is -2.45. The van der Waals surface area contributed by atoms with Crippen molar-refractivity contribution < 1.29 is 9.13 Å². The van der Waals surface area contributed by atoms with Crippen molar-refractivity contribution >= 4 is 11.6 Å². The van der Waals surface area contributed by atoms with Gasteiger partial charge < -0.3 is 10.1 Å². The third-order valence-corrected chi connectivity index (χ3v) is 4.41. The zero-order valence-corrected chi connectivity index (χ0v) is 13.8. The molecule has 5 heteroatoms. The van der Waals surface area contributed by atoms with Gasteiger partial charge in [0.25, 0.3) is 0 Å². The van der Waals surface area contributed by atoms with Gasteiger partial charge in [-0.3, -0.25) is 4.90 Å². The topological polar surface area (TPSA) is 24.5 Å². The summed E-state index contributed by atoms with van der Waals surface area (Å²) in [5.74, 6) is -0.0777. The van der Waals surface area contributed by atoms with Crippen molar-refractivity contribution in [1.82, 2.24) is 10.2 Å². The maximum Gasteiger partial charge on any atom is 0.165 e. The summed E-state index contributed by atoms with van der Waals surface area (Å²) in [5, 5.41) is 4.04. The van der Waals surface area contributed by atoms with Crippen molar-refractivity contribution in [1.29, 1.82) is 0 Å². The van der Waals surface area contributed by atoms with Gasteiger partial charge in [0, 0.05) is 31.2 Å². The first-order valence-corrected chi connectivity index (χ1v) is 8.10. The van der Waals surface area contributed by atoms with Gasteiger partial charge in [0.2, 0.25) is 0 Å². The molecule has 1 heterocycles. The molecular weight excluding hydrogens is 315 g/mol. The standard InChI is InChI=1S/C18H20ClFN2O/c1-23-17-6-5-14(12-16(17)20)18(22-9-7-21-8-10-22)13-3-2-4-15(19)11-13/h2-6,11-12,18,21H,7-10H2,1H3. The van der Waals surface area contributed by atoms with Gasteiger partial charge in [-0.2, -0.15) is 0 Å². The Morgan fingerprint density at radius 2 is 1.87 bits per heavy atom. The van der Waals surface area contributed by atoms with Crippen LogP contribution in [-0.4, -0.2) is 38.2 Å². The first-order valence-electron chi connectivity index (χ1n) is 7.72. The molecule has 122 valence electrons. The molecule has 1 N–H and O–H groups in total. The normalized spacial score (nSPS) is 17.0. The van der Waals surface area contributed by atoms with Gasteiger partial charge in [-0.05, 0) is 35.4 Å². The first kappa shape index (κ1) is 16.2. The summed E-state index contributed by atoms with van der Waals surface area (Å²) in [4.78, 5) is 2.35. The lowest BCUT2D eigenvalue weighted by atomic mass is 9.96. The highest BCUT2D eigenvalue weighted by Crippen LogP contribution is 2.32. The van der Waals surface area contributed by atoms with E-state index in [1.54, 1.807) is 12.1 Å². The zero-order valence-electron chi connectivity index (χ0n) is 13.1. The highest BCUT2D eigenvalue weighted by atomic mass is 35.5. The van der Waals surface area contributed by atoms with Crippen molar-refractivity contribution in [3.05, 3.63) is 64.4 Å². The molecule has 0 bridgehead atoms. The Morgan fingerprint density at radius 1 is 1.13 bits per heavy atom. The number of hydrogen-bond donors (Lipinski definition) is 1. The maximum atomic E-state index is 14.2. The van der Waals surface area contributed by atoms with Crippen molar-refractivity contribution in [2.75, 3.05) is 33.3 Å². The number of hydrogen-bond acceptors (Lipinski definition) is 3. The van der Waals surface area contributed by atoms with Gasteiger partial charge in [-0.1, -0.05) is 29.8 Å². The number of benzene rings is 2. The quantitative estimate of drug-likeness (QED) is 0.926. The number of nitrogens with one attached hydrogen (secondary N) is 1. The number of nitrogens with zero attached hydrogens (tertiary/aromatic N) is 1. The maximum absolute atomic E-state index is 14.2. The fraction of sp³-hybridized carbons (Fsp3) is 0.333. The minimum Gasteiger partial charge on any atom is -0.494 e.